The summed E-state index contributed by atoms with van der Waals surface area (Å²) in [6, 6.07) is 5.48. The van der Waals surface area contributed by atoms with Crippen LogP contribution in [0, 0.1) is 0 Å². The molecule has 1 aliphatic rings. The molecule has 1 aromatic carbocycles. The number of benzene rings is 1. The summed E-state index contributed by atoms with van der Waals surface area (Å²) in [7, 11) is 0. The molecule has 1 N–H and O–H groups in total. The fourth-order valence-electron chi connectivity index (χ4n) is 3.33. The van der Waals surface area contributed by atoms with Crippen LogP contribution < -0.4 is 10.1 Å². The van der Waals surface area contributed by atoms with Crippen LogP contribution in [0.4, 0.5) is 13.2 Å². The first-order valence-electron chi connectivity index (χ1n) is 9.71. The van der Waals surface area contributed by atoms with Crippen molar-refractivity contribution in [3.8, 4) is 5.75 Å². The van der Waals surface area contributed by atoms with Crippen LogP contribution in [-0.4, -0.2) is 35.9 Å². The number of ether oxygens (including phenoxy) is 1. The van der Waals surface area contributed by atoms with Crippen molar-refractivity contribution in [2.24, 2.45) is 0 Å². The van der Waals surface area contributed by atoms with Crippen molar-refractivity contribution < 1.29 is 27.5 Å². The molecule has 0 spiro atoms. The highest BCUT2D eigenvalue weighted by atomic mass is 32.1. The quantitative estimate of drug-likeness (QED) is 0.708. The minimum absolute atomic E-state index is 0.128. The maximum Gasteiger partial charge on any atom is 0.416 e. The van der Waals surface area contributed by atoms with Crippen LogP contribution in [0.25, 0.3) is 0 Å². The molecule has 30 heavy (non-hydrogen) atoms. The summed E-state index contributed by atoms with van der Waals surface area (Å²) in [4.78, 5) is 28.3. The van der Waals surface area contributed by atoms with E-state index < -0.39 is 23.7 Å². The van der Waals surface area contributed by atoms with Gasteiger partial charge in [0.15, 0.2) is 6.61 Å². The Balaban J connectivity index is 1.54. The molecule has 0 saturated carbocycles. The number of nitrogens with zero attached hydrogens (tertiary/aromatic N) is 1. The molecule has 1 atom stereocenters. The smallest absolute Gasteiger partial charge is 0.416 e. The molecule has 1 aromatic heterocycles. The predicted octanol–water partition coefficient (Wildman–Crippen LogP) is 4.02. The summed E-state index contributed by atoms with van der Waals surface area (Å²) >= 11 is 1.69. The Morgan fingerprint density at radius 2 is 1.97 bits per heavy atom. The van der Waals surface area contributed by atoms with Gasteiger partial charge in [-0.1, -0.05) is 13.3 Å². The summed E-state index contributed by atoms with van der Waals surface area (Å²) < 4.78 is 43.1. The van der Waals surface area contributed by atoms with Crippen LogP contribution in [0.1, 0.15) is 35.8 Å². The van der Waals surface area contributed by atoms with Crippen LogP contribution in [-0.2, 0) is 28.7 Å². The number of rotatable bonds is 7. The summed E-state index contributed by atoms with van der Waals surface area (Å²) in [5.74, 6) is -0.468. The van der Waals surface area contributed by atoms with E-state index in [0.717, 1.165) is 36.2 Å². The number of nitrogens with one attached hydrogen (secondary N) is 1. The topological polar surface area (TPSA) is 58.6 Å². The fourth-order valence-corrected chi connectivity index (χ4v) is 4.22. The lowest BCUT2D eigenvalue weighted by molar-refractivity contribution is -0.138. The zero-order chi connectivity index (χ0) is 21.7. The first kappa shape index (κ1) is 22.1. The molecule has 0 fully saturated rings. The van der Waals surface area contributed by atoms with Crippen molar-refractivity contribution in [1.82, 2.24) is 10.2 Å². The average Bonchev–Trinajstić information content (AvgIpc) is 3.19. The van der Waals surface area contributed by atoms with Gasteiger partial charge in [0, 0.05) is 18.0 Å². The minimum Gasteiger partial charge on any atom is -0.484 e. The molecule has 162 valence electrons. The molecule has 0 radical (unpaired) electrons. The zero-order valence-electron chi connectivity index (χ0n) is 16.5. The highest BCUT2D eigenvalue weighted by Crippen LogP contribution is 2.30. The lowest BCUT2D eigenvalue weighted by Gasteiger charge is -2.30. The van der Waals surface area contributed by atoms with E-state index in [1.807, 2.05) is 18.4 Å². The standard InChI is InChI=1S/C21H23F3N2O3S/c1-2-3-17(20(28)26-10-8-18-14(12-26)9-11-30-18)25-19(27)13-29-16-6-4-15(5-7-16)21(22,23)24/h4-7,9,11,17H,2-3,8,10,12-13H2,1H3,(H,25,27). The van der Waals surface area contributed by atoms with Gasteiger partial charge < -0.3 is 15.0 Å². The summed E-state index contributed by atoms with van der Waals surface area (Å²) in [5, 5.41) is 4.72. The first-order chi connectivity index (χ1) is 14.3. The summed E-state index contributed by atoms with van der Waals surface area (Å²) in [5.41, 5.74) is 0.357. The molecule has 1 aliphatic heterocycles. The van der Waals surface area contributed by atoms with Gasteiger partial charge in [0.2, 0.25) is 5.91 Å². The van der Waals surface area contributed by atoms with Crippen molar-refractivity contribution in [3.05, 3.63) is 51.7 Å². The Morgan fingerprint density at radius 3 is 2.63 bits per heavy atom. The van der Waals surface area contributed by atoms with E-state index in [0.29, 0.717) is 25.9 Å². The van der Waals surface area contributed by atoms with Crippen molar-refractivity contribution in [1.29, 1.82) is 0 Å². The Hall–Kier alpha value is -2.55. The maximum atomic E-state index is 12.9. The highest BCUT2D eigenvalue weighted by molar-refractivity contribution is 7.10. The van der Waals surface area contributed by atoms with E-state index in [2.05, 4.69) is 5.32 Å². The second-order valence-electron chi connectivity index (χ2n) is 7.10. The average molecular weight is 440 g/mol. The van der Waals surface area contributed by atoms with E-state index in [-0.39, 0.29) is 18.3 Å². The molecule has 3 rings (SSSR count). The maximum absolute atomic E-state index is 12.9. The first-order valence-corrected chi connectivity index (χ1v) is 10.6. The van der Waals surface area contributed by atoms with Gasteiger partial charge >= 0.3 is 6.18 Å². The highest BCUT2D eigenvalue weighted by Gasteiger charge is 2.30. The van der Waals surface area contributed by atoms with Gasteiger partial charge in [0.05, 0.1) is 5.56 Å². The molecule has 0 aliphatic carbocycles. The predicted molar refractivity (Wildman–Crippen MR) is 107 cm³/mol. The Morgan fingerprint density at radius 1 is 1.23 bits per heavy atom. The summed E-state index contributed by atoms with van der Waals surface area (Å²) in [6.45, 7) is 2.70. The molecule has 0 bridgehead atoms. The third kappa shape index (κ3) is 5.53. The Kier molecular flexibility index (Phi) is 7.02. The van der Waals surface area contributed by atoms with Gasteiger partial charge in [0.1, 0.15) is 11.8 Å². The number of hydrogen-bond acceptors (Lipinski definition) is 4. The van der Waals surface area contributed by atoms with E-state index in [1.165, 1.54) is 4.88 Å². The van der Waals surface area contributed by atoms with Gasteiger partial charge in [-0.05, 0) is 54.1 Å². The normalized spacial score (nSPS) is 14.7. The van der Waals surface area contributed by atoms with Crippen LogP contribution in [0.2, 0.25) is 0 Å². The van der Waals surface area contributed by atoms with Crippen molar-refractivity contribution in [2.75, 3.05) is 13.2 Å². The van der Waals surface area contributed by atoms with E-state index in [1.54, 1.807) is 16.2 Å². The molecule has 9 heteroatoms. The number of carbonyl (C=O) groups excluding carboxylic acids is 2. The van der Waals surface area contributed by atoms with Crippen molar-refractivity contribution >= 4 is 23.2 Å². The second-order valence-corrected chi connectivity index (χ2v) is 8.10. The fraction of sp³-hybridized carbons (Fsp3) is 0.429. The van der Waals surface area contributed by atoms with Crippen LogP contribution in [0.5, 0.6) is 5.75 Å². The van der Waals surface area contributed by atoms with Crippen LogP contribution >= 0.6 is 11.3 Å². The van der Waals surface area contributed by atoms with Gasteiger partial charge in [0.25, 0.3) is 5.91 Å². The van der Waals surface area contributed by atoms with Crippen molar-refractivity contribution in [3.63, 3.8) is 0 Å². The largest absolute Gasteiger partial charge is 0.484 e. The molecule has 5 nitrogen and oxygen atoms in total. The second kappa shape index (κ2) is 9.51. The molecular formula is C21H23F3N2O3S. The third-order valence-corrected chi connectivity index (χ3v) is 5.90. The lowest BCUT2D eigenvalue weighted by Crippen LogP contribution is -2.50. The van der Waals surface area contributed by atoms with Gasteiger partial charge in [-0.15, -0.1) is 11.3 Å². The van der Waals surface area contributed by atoms with E-state index >= 15 is 0 Å². The van der Waals surface area contributed by atoms with Gasteiger partial charge in [-0.25, -0.2) is 0 Å². The number of halogens is 3. The molecule has 0 saturated heterocycles. The minimum atomic E-state index is -4.43. The molecule has 2 aromatic rings. The van der Waals surface area contributed by atoms with E-state index in [9.17, 15) is 22.8 Å². The molecule has 2 amide bonds. The Bertz CT molecular complexity index is 880. The van der Waals surface area contributed by atoms with Gasteiger partial charge in [-0.2, -0.15) is 13.2 Å². The third-order valence-electron chi connectivity index (χ3n) is 4.88. The summed E-state index contributed by atoms with van der Waals surface area (Å²) in [6.07, 6.45) is -2.41. The number of fused-ring (bicyclic) bond motifs is 1. The molecule has 2 heterocycles. The molecule has 1 unspecified atom stereocenters. The monoisotopic (exact) mass is 440 g/mol. The number of thiophene rings is 1. The Labute approximate surface area is 176 Å². The van der Waals surface area contributed by atoms with Crippen LogP contribution in [0.15, 0.2) is 35.7 Å². The van der Waals surface area contributed by atoms with E-state index in [4.69, 9.17) is 4.74 Å². The molecular weight excluding hydrogens is 417 g/mol. The van der Waals surface area contributed by atoms with Crippen LogP contribution in [0.3, 0.4) is 0 Å². The lowest BCUT2D eigenvalue weighted by atomic mass is 10.1. The number of carbonyl (C=O) groups is 2. The number of hydrogen-bond donors (Lipinski definition) is 1. The zero-order valence-corrected chi connectivity index (χ0v) is 17.3. The number of alkyl halides is 3. The SMILES string of the molecule is CCCC(NC(=O)COc1ccc(C(F)(F)F)cc1)C(=O)N1CCc2sccc2C1. The van der Waals surface area contributed by atoms with Crippen molar-refractivity contribution in [2.45, 2.75) is 44.9 Å². The number of amides is 2. The van der Waals surface area contributed by atoms with Gasteiger partial charge in [-0.3, -0.25) is 9.59 Å².